The maximum absolute atomic E-state index is 6.03. The van der Waals surface area contributed by atoms with Gasteiger partial charge in [-0.15, -0.1) is 0 Å². The van der Waals surface area contributed by atoms with Crippen LogP contribution in [0.15, 0.2) is 33.9 Å². The summed E-state index contributed by atoms with van der Waals surface area (Å²) >= 11 is 0. The zero-order valence-corrected chi connectivity index (χ0v) is 17.9. The molecule has 2 unspecified atom stereocenters. The van der Waals surface area contributed by atoms with Crippen LogP contribution in [0.5, 0.6) is 0 Å². The molecule has 2 fully saturated rings. The predicted molar refractivity (Wildman–Crippen MR) is 115 cm³/mol. The lowest BCUT2D eigenvalue weighted by Gasteiger charge is -2.54. The van der Waals surface area contributed by atoms with E-state index in [0.29, 0.717) is 42.5 Å². The Morgan fingerprint density at radius 2 is 2.17 bits per heavy atom. The Morgan fingerprint density at radius 3 is 2.90 bits per heavy atom. The molecule has 2 N–H and O–H groups in total. The van der Waals surface area contributed by atoms with Crippen molar-refractivity contribution in [3.8, 4) is 11.6 Å². The molecule has 30 heavy (non-hydrogen) atoms. The molecular formula is C22H32N6O2. The topological polar surface area (TPSA) is 97.5 Å². The monoisotopic (exact) mass is 412 g/mol. The van der Waals surface area contributed by atoms with Gasteiger partial charge in [-0.25, -0.2) is 0 Å². The molecular weight excluding hydrogens is 380 g/mol. The molecule has 2 aliphatic rings. The summed E-state index contributed by atoms with van der Waals surface area (Å²) in [7, 11) is 0. The van der Waals surface area contributed by atoms with E-state index in [4.69, 9.17) is 14.3 Å². The molecule has 0 radical (unpaired) electrons. The van der Waals surface area contributed by atoms with Gasteiger partial charge in [-0.1, -0.05) is 24.1 Å². The molecule has 2 heterocycles. The minimum atomic E-state index is 0.275. The molecule has 2 atom stereocenters. The van der Waals surface area contributed by atoms with Crippen LogP contribution in [-0.4, -0.2) is 52.9 Å². The molecule has 0 aliphatic heterocycles. The third-order valence-corrected chi connectivity index (χ3v) is 6.30. The Hall–Kier alpha value is -2.48. The smallest absolute Gasteiger partial charge is 0.276 e. The third kappa shape index (κ3) is 4.33. The summed E-state index contributed by atoms with van der Waals surface area (Å²) in [5.74, 6) is 1.94. The van der Waals surface area contributed by atoms with Gasteiger partial charge in [0.15, 0.2) is 11.8 Å². The SMILES string of the molecule is CCNC(=NCCc1noc(-c2ccccn2)n1)NC1CC(OCC)C12CCCC2. The summed E-state index contributed by atoms with van der Waals surface area (Å²) < 4.78 is 11.4. The van der Waals surface area contributed by atoms with E-state index >= 15 is 0 Å². The Kier molecular flexibility index (Phi) is 6.62. The van der Waals surface area contributed by atoms with Gasteiger partial charge in [0.05, 0.1) is 6.10 Å². The Bertz CT molecular complexity index is 831. The molecule has 2 saturated carbocycles. The standard InChI is InChI=1S/C22H32N6O2/c1-3-23-21(26-17-15-18(29-4-2)22(17)11-6-7-12-22)25-14-10-19-27-20(30-28-19)16-9-5-8-13-24-16/h5,8-9,13,17-18H,3-4,6-7,10-12,14-15H2,1-2H3,(H2,23,25,26). The van der Waals surface area contributed by atoms with Crippen LogP contribution < -0.4 is 10.6 Å². The number of rotatable bonds is 8. The lowest BCUT2D eigenvalue weighted by atomic mass is 9.60. The molecule has 2 aromatic rings. The Balaban J connectivity index is 1.35. The fourth-order valence-electron chi connectivity index (χ4n) is 4.79. The fraction of sp³-hybridized carbons (Fsp3) is 0.636. The number of aromatic nitrogens is 3. The molecule has 0 amide bonds. The van der Waals surface area contributed by atoms with Crippen LogP contribution in [-0.2, 0) is 11.2 Å². The molecule has 2 aromatic heterocycles. The van der Waals surface area contributed by atoms with Crippen molar-refractivity contribution in [1.29, 1.82) is 0 Å². The number of nitrogens with zero attached hydrogens (tertiary/aromatic N) is 4. The molecule has 1 spiro atoms. The van der Waals surface area contributed by atoms with Gasteiger partial charge in [0.1, 0.15) is 5.69 Å². The average molecular weight is 413 g/mol. The Morgan fingerprint density at radius 1 is 1.30 bits per heavy atom. The molecule has 0 saturated heterocycles. The minimum Gasteiger partial charge on any atom is -0.378 e. The predicted octanol–water partition coefficient (Wildman–Crippen LogP) is 2.97. The summed E-state index contributed by atoms with van der Waals surface area (Å²) in [6, 6.07) is 6.04. The molecule has 8 nitrogen and oxygen atoms in total. The molecule has 162 valence electrons. The van der Waals surface area contributed by atoms with E-state index in [1.807, 2.05) is 18.2 Å². The van der Waals surface area contributed by atoms with Crippen molar-refractivity contribution in [3.63, 3.8) is 0 Å². The van der Waals surface area contributed by atoms with Gasteiger partial charge in [0.2, 0.25) is 0 Å². The third-order valence-electron chi connectivity index (χ3n) is 6.30. The van der Waals surface area contributed by atoms with Crippen LogP contribution in [0.25, 0.3) is 11.6 Å². The molecule has 0 bridgehead atoms. The number of nitrogens with one attached hydrogen (secondary N) is 2. The largest absolute Gasteiger partial charge is 0.378 e. The number of pyridine rings is 1. The van der Waals surface area contributed by atoms with Crippen molar-refractivity contribution in [2.75, 3.05) is 19.7 Å². The van der Waals surface area contributed by atoms with Gasteiger partial charge in [0, 0.05) is 43.8 Å². The van der Waals surface area contributed by atoms with Gasteiger partial charge < -0.3 is 19.9 Å². The second-order valence-electron chi connectivity index (χ2n) is 8.06. The highest BCUT2D eigenvalue weighted by molar-refractivity contribution is 5.80. The van der Waals surface area contributed by atoms with Crippen LogP contribution in [0, 0.1) is 5.41 Å². The second-order valence-corrected chi connectivity index (χ2v) is 8.06. The molecule has 0 aromatic carbocycles. The maximum atomic E-state index is 6.03. The second kappa shape index (κ2) is 9.55. The van der Waals surface area contributed by atoms with Gasteiger partial charge in [-0.2, -0.15) is 4.98 Å². The highest BCUT2D eigenvalue weighted by atomic mass is 16.5. The first-order valence-corrected chi connectivity index (χ1v) is 11.2. The Labute approximate surface area is 177 Å². The molecule has 4 rings (SSSR count). The van der Waals surface area contributed by atoms with Crippen molar-refractivity contribution in [1.82, 2.24) is 25.8 Å². The minimum absolute atomic E-state index is 0.275. The highest BCUT2D eigenvalue weighted by Crippen LogP contribution is 2.54. The summed E-state index contributed by atoms with van der Waals surface area (Å²) in [4.78, 5) is 13.4. The van der Waals surface area contributed by atoms with E-state index in [2.05, 4.69) is 39.6 Å². The summed E-state index contributed by atoms with van der Waals surface area (Å²) in [6.45, 7) is 6.38. The van der Waals surface area contributed by atoms with Gasteiger partial charge in [-0.3, -0.25) is 9.98 Å². The van der Waals surface area contributed by atoms with Crippen molar-refractivity contribution in [2.45, 2.75) is 64.5 Å². The normalized spacial score (nSPS) is 22.8. The molecule has 8 heteroatoms. The van der Waals surface area contributed by atoms with E-state index in [-0.39, 0.29) is 5.41 Å². The summed E-state index contributed by atoms with van der Waals surface area (Å²) in [6.07, 6.45) is 8.85. The summed E-state index contributed by atoms with van der Waals surface area (Å²) in [5.41, 5.74) is 0.961. The summed E-state index contributed by atoms with van der Waals surface area (Å²) in [5, 5.41) is 11.1. The lowest BCUT2D eigenvalue weighted by molar-refractivity contribution is -0.125. The zero-order chi connectivity index (χ0) is 20.8. The number of guanidine groups is 1. The number of hydrogen-bond acceptors (Lipinski definition) is 6. The number of hydrogen-bond donors (Lipinski definition) is 2. The fourth-order valence-corrected chi connectivity index (χ4v) is 4.79. The van der Waals surface area contributed by atoms with Gasteiger partial charge >= 0.3 is 0 Å². The van der Waals surface area contributed by atoms with E-state index < -0.39 is 0 Å². The van der Waals surface area contributed by atoms with E-state index in [1.165, 1.54) is 25.7 Å². The van der Waals surface area contributed by atoms with Crippen LogP contribution in [0.3, 0.4) is 0 Å². The van der Waals surface area contributed by atoms with Gasteiger partial charge in [-0.05, 0) is 45.2 Å². The highest BCUT2D eigenvalue weighted by Gasteiger charge is 2.56. The van der Waals surface area contributed by atoms with E-state index in [0.717, 1.165) is 25.5 Å². The number of ether oxygens (including phenoxy) is 1. The first kappa shape index (κ1) is 20.8. The van der Waals surface area contributed by atoms with E-state index in [1.54, 1.807) is 6.20 Å². The van der Waals surface area contributed by atoms with Crippen molar-refractivity contribution in [3.05, 3.63) is 30.2 Å². The van der Waals surface area contributed by atoms with Crippen molar-refractivity contribution >= 4 is 5.96 Å². The first-order valence-electron chi connectivity index (χ1n) is 11.2. The molecule has 2 aliphatic carbocycles. The van der Waals surface area contributed by atoms with Crippen LogP contribution in [0.1, 0.15) is 51.8 Å². The lowest BCUT2D eigenvalue weighted by Crippen LogP contribution is -2.65. The van der Waals surface area contributed by atoms with Crippen molar-refractivity contribution in [2.24, 2.45) is 10.4 Å². The quantitative estimate of drug-likeness (QED) is 0.508. The van der Waals surface area contributed by atoms with E-state index in [9.17, 15) is 0 Å². The van der Waals surface area contributed by atoms with Crippen LogP contribution >= 0.6 is 0 Å². The maximum Gasteiger partial charge on any atom is 0.276 e. The van der Waals surface area contributed by atoms with Crippen LogP contribution in [0.2, 0.25) is 0 Å². The van der Waals surface area contributed by atoms with Crippen molar-refractivity contribution < 1.29 is 9.26 Å². The first-order chi connectivity index (χ1) is 14.7. The van der Waals surface area contributed by atoms with Crippen LogP contribution in [0.4, 0.5) is 0 Å². The average Bonchev–Trinajstić information content (AvgIpc) is 3.45. The van der Waals surface area contributed by atoms with Gasteiger partial charge in [0.25, 0.3) is 5.89 Å². The zero-order valence-electron chi connectivity index (χ0n) is 17.9. The number of aliphatic imine (C=N–C) groups is 1.